The Labute approximate surface area is 231 Å². The molecule has 40 heavy (non-hydrogen) atoms. The van der Waals surface area contributed by atoms with Crippen LogP contribution in [0.1, 0.15) is 36.5 Å². The third-order valence-electron chi connectivity index (χ3n) is 7.19. The number of piperidine rings is 1. The zero-order valence-electron chi connectivity index (χ0n) is 21.7. The van der Waals surface area contributed by atoms with Crippen LogP contribution in [0, 0.1) is 5.41 Å². The van der Waals surface area contributed by atoms with Crippen LogP contribution in [-0.4, -0.2) is 60.5 Å². The molecule has 2 heterocycles. The van der Waals surface area contributed by atoms with E-state index in [1.54, 1.807) is 49.4 Å². The van der Waals surface area contributed by atoms with E-state index >= 15 is 0 Å². The van der Waals surface area contributed by atoms with Crippen molar-refractivity contribution in [2.24, 2.45) is 10.9 Å². The van der Waals surface area contributed by atoms with Gasteiger partial charge in [0.2, 0.25) is 0 Å². The largest absolute Gasteiger partial charge is 0.490 e. The van der Waals surface area contributed by atoms with E-state index in [1.807, 2.05) is 17.0 Å². The number of hydrogen-bond donors (Lipinski definition) is 4. The molecule has 0 unspecified atom stereocenters. The summed E-state index contributed by atoms with van der Waals surface area (Å²) in [4.78, 5) is 13.3. The molecule has 11 nitrogen and oxygen atoms in total. The molecule has 0 aromatic heterocycles. The quantitative estimate of drug-likeness (QED) is 0.153. The number of amidine groups is 2. The Balaban J connectivity index is 1.46. The molecule has 208 valence electrons. The van der Waals surface area contributed by atoms with Crippen LogP contribution in [-0.2, 0) is 21.4 Å². The Kier molecular flexibility index (Phi) is 7.11. The van der Waals surface area contributed by atoms with E-state index in [-0.39, 0.29) is 18.5 Å². The number of sulfonamides is 1. The van der Waals surface area contributed by atoms with Gasteiger partial charge >= 0.3 is 5.97 Å². The zero-order chi connectivity index (χ0) is 28.6. The summed E-state index contributed by atoms with van der Waals surface area (Å²) in [5, 5.41) is 31.2. The highest BCUT2D eigenvalue weighted by Gasteiger charge is 2.37. The summed E-state index contributed by atoms with van der Waals surface area (Å²) in [5.41, 5.74) is 7.62. The number of fused-ring (bicyclic) bond motifs is 2. The second kappa shape index (κ2) is 10.5. The highest BCUT2D eigenvalue weighted by molar-refractivity contribution is 7.97. The van der Waals surface area contributed by atoms with E-state index in [0.717, 1.165) is 27.9 Å². The summed E-state index contributed by atoms with van der Waals surface area (Å²) < 4.78 is 34.1. The zero-order valence-corrected chi connectivity index (χ0v) is 22.6. The highest BCUT2D eigenvalue weighted by atomic mass is 32.2. The Morgan fingerprint density at radius 1 is 1.10 bits per heavy atom. The number of carboxylic acid groups (broad SMARTS) is 1. The standard InChI is InChI=1S/C28H29N5O6S/c1-17(29)32-10-8-23(9-11-32)39-24-6-7-25-22(14-24)15-26(28(34)35)40(37,38)33(25)16-18-2-3-19-4-5-20(27(30)31-36)13-21(19)12-18/h2-7,12-15,23,29,36H,8-11,16H2,1H3,(H2,30,31)(H,34,35). The predicted molar refractivity (Wildman–Crippen MR) is 152 cm³/mol. The SMILES string of the molecule is CC(=N)N1CCC(Oc2ccc3c(c2)C=C(C(=O)O)S(=O)(=O)N3Cc2ccc3ccc(/C(N)=N/O)cc3c2)CC1. The molecule has 2 aliphatic rings. The fourth-order valence-corrected chi connectivity index (χ4v) is 6.51. The van der Waals surface area contributed by atoms with Gasteiger partial charge in [-0.15, -0.1) is 0 Å². The number of rotatable bonds is 6. The Morgan fingerprint density at radius 2 is 1.82 bits per heavy atom. The van der Waals surface area contributed by atoms with Gasteiger partial charge in [0.1, 0.15) is 11.9 Å². The molecule has 0 atom stereocenters. The van der Waals surface area contributed by atoms with Crippen LogP contribution in [0.4, 0.5) is 5.69 Å². The molecule has 2 aliphatic heterocycles. The molecule has 5 rings (SSSR count). The van der Waals surface area contributed by atoms with Crippen molar-refractivity contribution in [3.05, 3.63) is 76.2 Å². The lowest BCUT2D eigenvalue weighted by Gasteiger charge is -2.33. The van der Waals surface area contributed by atoms with Gasteiger partial charge in [-0.1, -0.05) is 29.4 Å². The number of nitrogens with two attached hydrogens (primary N) is 1. The van der Waals surface area contributed by atoms with Crippen LogP contribution >= 0.6 is 0 Å². The summed E-state index contributed by atoms with van der Waals surface area (Å²) in [7, 11) is -4.35. The molecule has 3 aromatic carbocycles. The second-order valence-corrected chi connectivity index (χ2v) is 11.6. The van der Waals surface area contributed by atoms with Crippen molar-refractivity contribution in [3.63, 3.8) is 0 Å². The lowest BCUT2D eigenvalue weighted by Crippen LogP contribution is -2.40. The molecule has 3 aromatic rings. The molecule has 1 fully saturated rings. The maximum absolute atomic E-state index is 13.4. The third kappa shape index (κ3) is 5.17. The average molecular weight is 564 g/mol. The number of likely N-dealkylation sites (tertiary alicyclic amines) is 1. The molecule has 12 heteroatoms. The number of ether oxygens (including phenoxy) is 1. The monoisotopic (exact) mass is 563 g/mol. The van der Waals surface area contributed by atoms with Gasteiger partial charge in [0.05, 0.1) is 18.1 Å². The van der Waals surface area contributed by atoms with E-state index in [4.69, 9.17) is 21.1 Å². The Morgan fingerprint density at radius 3 is 2.50 bits per heavy atom. The number of carbonyl (C=O) groups is 1. The third-order valence-corrected chi connectivity index (χ3v) is 8.94. The van der Waals surface area contributed by atoms with Gasteiger partial charge in [0.25, 0.3) is 10.0 Å². The predicted octanol–water partition coefficient (Wildman–Crippen LogP) is 3.55. The summed E-state index contributed by atoms with van der Waals surface area (Å²) in [5.74, 6) is -0.553. The van der Waals surface area contributed by atoms with Crippen LogP contribution in [0.5, 0.6) is 5.75 Å². The van der Waals surface area contributed by atoms with Crippen LogP contribution in [0.25, 0.3) is 16.8 Å². The number of nitrogens with one attached hydrogen (secondary N) is 1. The number of anilines is 1. The summed E-state index contributed by atoms with van der Waals surface area (Å²) in [6.07, 6.45) is 2.58. The van der Waals surface area contributed by atoms with Gasteiger partial charge in [0.15, 0.2) is 10.7 Å². The number of nitrogens with zero attached hydrogens (tertiary/aromatic N) is 3. The van der Waals surface area contributed by atoms with Gasteiger partial charge in [-0.3, -0.25) is 9.71 Å². The fraction of sp³-hybridized carbons (Fsp3) is 0.250. The first-order valence-corrected chi connectivity index (χ1v) is 14.1. The molecule has 1 saturated heterocycles. The minimum absolute atomic E-state index is 0.0514. The second-order valence-electron chi connectivity index (χ2n) is 9.82. The topological polar surface area (TPSA) is 170 Å². The molecule has 0 saturated carbocycles. The van der Waals surface area contributed by atoms with Crippen molar-refractivity contribution in [2.45, 2.75) is 32.4 Å². The van der Waals surface area contributed by atoms with Crippen molar-refractivity contribution >= 4 is 50.2 Å². The van der Waals surface area contributed by atoms with Gasteiger partial charge in [0, 0.05) is 37.1 Å². The van der Waals surface area contributed by atoms with E-state index in [1.165, 1.54) is 6.08 Å². The Hall–Kier alpha value is -4.58. The molecule has 0 radical (unpaired) electrons. The minimum atomic E-state index is -4.35. The van der Waals surface area contributed by atoms with E-state index in [0.29, 0.717) is 47.1 Å². The van der Waals surface area contributed by atoms with E-state index < -0.39 is 20.9 Å². The number of oxime groups is 1. The molecular weight excluding hydrogens is 534 g/mol. The lowest BCUT2D eigenvalue weighted by molar-refractivity contribution is -0.131. The average Bonchev–Trinajstić information content (AvgIpc) is 2.93. The smallest absolute Gasteiger partial charge is 0.349 e. The van der Waals surface area contributed by atoms with E-state index in [9.17, 15) is 18.3 Å². The van der Waals surface area contributed by atoms with Gasteiger partial charge in [-0.05, 0) is 59.7 Å². The molecule has 0 amide bonds. The summed E-state index contributed by atoms with van der Waals surface area (Å²) >= 11 is 0. The maximum Gasteiger partial charge on any atom is 0.349 e. The number of carboxylic acids is 1. The van der Waals surface area contributed by atoms with Gasteiger partial charge in [-0.2, -0.15) is 0 Å². The summed E-state index contributed by atoms with van der Waals surface area (Å²) in [6, 6.07) is 15.6. The molecule has 0 aliphatic carbocycles. The molecule has 0 spiro atoms. The first kappa shape index (κ1) is 27.0. The van der Waals surface area contributed by atoms with Crippen LogP contribution in [0.2, 0.25) is 0 Å². The maximum atomic E-state index is 13.4. The van der Waals surface area contributed by atoms with Crippen LogP contribution in [0.3, 0.4) is 0 Å². The van der Waals surface area contributed by atoms with Crippen molar-refractivity contribution in [2.75, 3.05) is 17.4 Å². The van der Waals surface area contributed by atoms with Gasteiger partial charge < -0.3 is 25.7 Å². The van der Waals surface area contributed by atoms with Crippen molar-refractivity contribution < 1.29 is 28.3 Å². The number of benzene rings is 3. The summed E-state index contributed by atoms with van der Waals surface area (Å²) in [6.45, 7) is 3.08. The van der Waals surface area contributed by atoms with E-state index in [2.05, 4.69) is 5.16 Å². The first-order valence-electron chi connectivity index (χ1n) is 12.7. The fourth-order valence-electron chi connectivity index (χ4n) is 5.03. The first-order chi connectivity index (χ1) is 19.1. The molecular formula is C28H29N5O6S. The normalized spacial score (nSPS) is 17.3. The molecule has 5 N–H and O–H groups in total. The lowest BCUT2D eigenvalue weighted by atomic mass is 10.0. The number of aliphatic carboxylic acids is 1. The van der Waals surface area contributed by atoms with Crippen LogP contribution < -0.4 is 14.8 Å². The highest BCUT2D eigenvalue weighted by Crippen LogP contribution is 2.38. The van der Waals surface area contributed by atoms with Crippen molar-refractivity contribution in [1.29, 1.82) is 5.41 Å². The van der Waals surface area contributed by atoms with Gasteiger partial charge in [-0.25, -0.2) is 13.2 Å². The minimum Gasteiger partial charge on any atom is -0.490 e. The van der Waals surface area contributed by atoms with Crippen LogP contribution in [0.15, 0.2) is 64.7 Å². The molecule has 0 bridgehead atoms. The Bertz CT molecular complexity index is 1680. The van der Waals surface area contributed by atoms with Crippen molar-refractivity contribution in [3.8, 4) is 5.75 Å². The van der Waals surface area contributed by atoms with Crippen molar-refractivity contribution in [1.82, 2.24) is 4.90 Å². The number of hydrogen-bond acceptors (Lipinski definition) is 7.